The summed E-state index contributed by atoms with van der Waals surface area (Å²) >= 11 is 6.03. The molecule has 0 aromatic carbocycles. The summed E-state index contributed by atoms with van der Waals surface area (Å²) in [6.45, 7) is -0.782. The maximum absolute atomic E-state index is 12.7. The van der Waals surface area contributed by atoms with Crippen LogP contribution in [0.2, 0.25) is 5.15 Å². The van der Waals surface area contributed by atoms with Gasteiger partial charge in [0, 0.05) is 41.5 Å². The summed E-state index contributed by atoms with van der Waals surface area (Å²) in [4.78, 5) is 17.2. The summed E-state index contributed by atoms with van der Waals surface area (Å²) in [5.74, 6) is -1.98. The van der Waals surface area contributed by atoms with Gasteiger partial charge in [-0.25, -0.2) is 4.68 Å². The Morgan fingerprint density at radius 1 is 1.13 bits per heavy atom. The van der Waals surface area contributed by atoms with Crippen molar-refractivity contribution in [3.05, 3.63) is 35.9 Å². The highest BCUT2D eigenvalue weighted by molar-refractivity contribution is 7.84. The van der Waals surface area contributed by atoms with Crippen LogP contribution in [0, 0.1) is 0 Å². The monoisotopic (exact) mass is 490 g/mol. The third kappa shape index (κ3) is 8.48. The van der Waals surface area contributed by atoms with Crippen LogP contribution in [-0.4, -0.2) is 55.3 Å². The maximum Gasteiger partial charge on any atom is 0.390 e. The average molecular weight is 491 g/mol. The minimum Gasteiger partial charge on any atom is -0.308 e. The van der Waals surface area contributed by atoms with E-state index < -0.39 is 66.4 Å². The molecule has 0 saturated carbocycles. The molecular weight excluding hydrogens is 474 g/mol. The molecule has 1 atom stereocenters. The van der Waals surface area contributed by atoms with Gasteiger partial charge in [0.15, 0.2) is 5.15 Å². The lowest BCUT2D eigenvalue weighted by atomic mass is 10.3. The number of amides is 1. The minimum absolute atomic E-state index is 0.110. The molecule has 6 nitrogen and oxygen atoms in total. The SMILES string of the molecule is O=C(CCS(=O)CCC(F)(F)F)N(CCC(F)(F)F)c1cn(-c2cccnc2)nc1Cl. The predicted octanol–water partition coefficient (Wildman–Crippen LogP) is 4.30. The van der Waals surface area contributed by atoms with Gasteiger partial charge in [-0.1, -0.05) is 11.6 Å². The number of nitrogens with zero attached hydrogens (tertiary/aromatic N) is 4. The molecule has 0 saturated heterocycles. The quantitative estimate of drug-likeness (QED) is 0.492. The standard InChI is InChI=1S/C17H17ClF6N4O2S/c18-15-13(11-28(26-15)12-2-1-6-25-10-12)27(7-4-16(19,20)21)14(29)3-8-31(30)9-5-17(22,23)24/h1-2,6,10-11H,3-5,7-9H2. The van der Waals surface area contributed by atoms with Crippen LogP contribution in [0.3, 0.4) is 0 Å². The molecule has 172 valence electrons. The van der Waals surface area contributed by atoms with Crippen molar-refractivity contribution < 1.29 is 35.3 Å². The molecule has 0 N–H and O–H groups in total. The van der Waals surface area contributed by atoms with Crippen LogP contribution >= 0.6 is 11.6 Å². The Kier molecular flexibility index (Phi) is 8.46. The molecule has 2 rings (SSSR count). The van der Waals surface area contributed by atoms with E-state index in [-0.39, 0.29) is 10.8 Å². The van der Waals surface area contributed by atoms with Gasteiger partial charge in [0.1, 0.15) is 5.69 Å². The lowest BCUT2D eigenvalue weighted by Gasteiger charge is -2.22. The molecule has 2 aromatic rings. The lowest BCUT2D eigenvalue weighted by Crippen LogP contribution is -2.35. The third-order valence-electron chi connectivity index (χ3n) is 3.93. The lowest BCUT2D eigenvalue weighted by molar-refractivity contribution is -0.134. The van der Waals surface area contributed by atoms with E-state index in [9.17, 15) is 35.3 Å². The van der Waals surface area contributed by atoms with Crippen molar-refractivity contribution in [1.29, 1.82) is 0 Å². The van der Waals surface area contributed by atoms with E-state index in [0.717, 1.165) is 4.90 Å². The molecule has 14 heteroatoms. The Bertz CT molecular complexity index is 904. The van der Waals surface area contributed by atoms with E-state index in [0.29, 0.717) is 5.69 Å². The predicted molar refractivity (Wildman–Crippen MR) is 103 cm³/mol. The number of pyridine rings is 1. The number of carbonyl (C=O) groups excluding carboxylic acids is 1. The van der Waals surface area contributed by atoms with Gasteiger partial charge < -0.3 is 4.90 Å². The van der Waals surface area contributed by atoms with Crippen molar-refractivity contribution in [1.82, 2.24) is 14.8 Å². The molecular formula is C17H17ClF6N4O2S. The maximum atomic E-state index is 12.7. The van der Waals surface area contributed by atoms with Gasteiger partial charge in [-0.05, 0) is 12.1 Å². The van der Waals surface area contributed by atoms with Gasteiger partial charge in [0.2, 0.25) is 5.91 Å². The highest BCUT2D eigenvalue weighted by Crippen LogP contribution is 2.29. The molecule has 0 bridgehead atoms. The number of hydrogen-bond acceptors (Lipinski definition) is 4. The zero-order valence-corrected chi connectivity index (χ0v) is 17.4. The number of rotatable bonds is 9. The zero-order chi connectivity index (χ0) is 23.2. The molecule has 0 aliphatic carbocycles. The second kappa shape index (κ2) is 10.4. The third-order valence-corrected chi connectivity index (χ3v) is 5.52. The van der Waals surface area contributed by atoms with Gasteiger partial charge in [-0.3, -0.25) is 14.0 Å². The van der Waals surface area contributed by atoms with Gasteiger partial charge in [0.25, 0.3) is 0 Å². The summed E-state index contributed by atoms with van der Waals surface area (Å²) in [7, 11) is -1.96. The fourth-order valence-electron chi connectivity index (χ4n) is 2.43. The highest BCUT2D eigenvalue weighted by Gasteiger charge is 2.31. The van der Waals surface area contributed by atoms with Gasteiger partial charge >= 0.3 is 12.4 Å². The first-order valence-electron chi connectivity index (χ1n) is 8.80. The Labute approximate surface area is 180 Å². The zero-order valence-electron chi connectivity index (χ0n) is 15.8. The van der Waals surface area contributed by atoms with Crippen LogP contribution in [-0.2, 0) is 15.6 Å². The van der Waals surface area contributed by atoms with Crippen molar-refractivity contribution in [3.63, 3.8) is 0 Å². The van der Waals surface area contributed by atoms with Crippen molar-refractivity contribution in [3.8, 4) is 5.69 Å². The number of aromatic nitrogens is 3. The van der Waals surface area contributed by atoms with E-state index >= 15 is 0 Å². The second-order valence-electron chi connectivity index (χ2n) is 6.33. The van der Waals surface area contributed by atoms with Crippen molar-refractivity contribution in [2.24, 2.45) is 0 Å². The summed E-state index contributed by atoms with van der Waals surface area (Å²) < 4.78 is 87.8. The number of alkyl halides is 6. The van der Waals surface area contributed by atoms with Crippen LogP contribution in [0.25, 0.3) is 5.69 Å². The Balaban J connectivity index is 2.16. The fraction of sp³-hybridized carbons (Fsp3) is 0.471. The summed E-state index contributed by atoms with van der Waals surface area (Å²) in [5.41, 5.74) is 0.327. The molecule has 31 heavy (non-hydrogen) atoms. The van der Waals surface area contributed by atoms with Crippen LogP contribution in [0.1, 0.15) is 19.3 Å². The number of hydrogen-bond donors (Lipinski definition) is 0. The second-order valence-corrected chi connectivity index (χ2v) is 8.39. The van der Waals surface area contributed by atoms with Crippen LogP contribution < -0.4 is 4.90 Å². The first-order valence-corrected chi connectivity index (χ1v) is 10.7. The molecule has 1 amide bonds. The van der Waals surface area contributed by atoms with Crippen molar-refractivity contribution >= 4 is 34.0 Å². The highest BCUT2D eigenvalue weighted by atomic mass is 35.5. The molecule has 0 aliphatic rings. The average Bonchev–Trinajstić information content (AvgIpc) is 3.05. The van der Waals surface area contributed by atoms with E-state index in [1.165, 1.54) is 23.3 Å². The number of carbonyl (C=O) groups is 1. The summed E-state index contributed by atoms with van der Waals surface area (Å²) in [6, 6.07) is 3.19. The minimum atomic E-state index is -4.57. The van der Waals surface area contributed by atoms with Gasteiger partial charge in [-0.15, -0.1) is 0 Å². The Morgan fingerprint density at radius 2 is 1.81 bits per heavy atom. The van der Waals surface area contributed by atoms with E-state index in [1.807, 2.05) is 0 Å². The molecule has 0 spiro atoms. The Morgan fingerprint density at radius 3 is 2.39 bits per heavy atom. The van der Waals surface area contributed by atoms with Crippen LogP contribution in [0.15, 0.2) is 30.7 Å². The first-order chi connectivity index (χ1) is 14.4. The molecule has 0 fully saturated rings. The first kappa shape index (κ1) is 25.1. The molecule has 0 radical (unpaired) electrons. The molecule has 2 aromatic heterocycles. The van der Waals surface area contributed by atoms with Crippen LogP contribution in [0.5, 0.6) is 0 Å². The van der Waals surface area contributed by atoms with E-state index in [2.05, 4.69) is 10.1 Å². The fourth-order valence-corrected chi connectivity index (χ4v) is 3.73. The van der Waals surface area contributed by atoms with Crippen molar-refractivity contribution in [2.75, 3.05) is 23.0 Å². The summed E-state index contributed by atoms with van der Waals surface area (Å²) in [5, 5.41) is 3.71. The van der Waals surface area contributed by atoms with Gasteiger partial charge in [0.05, 0.1) is 30.9 Å². The summed E-state index contributed by atoms with van der Waals surface area (Å²) in [6.07, 6.45) is -8.05. The smallest absolute Gasteiger partial charge is 0.308 e. The van der Waals surface area contributed by atoms with Crippen LogP contribution in [0.4, 0.5) is 32.0 Å². The molecule has 2 heterocycles. The topological polar surface area (TPSA) is 68.1 Å². The van der Waals surface area contributed by atoms with E-state index in [1.54, 1.807) is 12.1 Å². The normalized spacial score (nSPS) is 13.3. The van der Waals surface area contributed by atoms with E-state index in [4.69, 9.17) is 11.6 Å². The van der Waals surface area contributed by atoms with Gasteiger partial charge in [-0.2, -0.15) is 31.4 Å². The Hall–Kier alpha value is -2.15. The number of halogens is 7. The largest absolute Gasteiger partial charge is 0.390 e. The number of anilines is 1. The van der Waals surface area contributed by atoms with Crippen molar-refractivity contribution in [2.45, 2.75) is 31.6 Å². The molecule has 0 aliphatic heterocycles. The molecule has 1 unspecified atom stereocenters.